The lowest BCUT2D eigenvalue weighted by Crippen LogP contribution is -2.18. The zero-order valence-electron chi connectivity index (χ0n) is 9.53. The molecule has 0 unspecified atom stereocenters. The Morgan fingerprint density at radius 1 is 1.38 bits per heavy atom. The van der Waals surface area contributed by atoms with E-state index in [0.29, 0.717) is 11.5 Å². The van der Waals surface area contributed by atoms with Crippen LogP contribution in [0, 0.1) is 6.92 Å². The molecule has 1 aromatic carbocycles. The number of hydrogen-bond donors (Lipinski definition) is 1. The van der Waals surface area contributed by atoms with E-state index < -0.39 is 0 Å². The van der Waals surface area contributed by atoms with Gasteiger partial charge >= 0.3 is 0 Å². The standard InChI is InChI=1S/C13H17NO2/c1-9-11(10-5-7-16-8-6-10)3-2-4-12(9)13(14)15/h2-4,10H,5-8H2,1H3,(H2,14,15). The Balaban J connectivity index is 2.33. The van der Waals surface area contributed by atoms with Gasteiger partial charge in [0.05, 0.1) is 0 Å². The molecule has 0 saturated carbocycles. The summed E-state index contributed by atoms with van der Waals surface area (Å²) in [5.41, 5.74) is 8.27. The van der Waals surface area contributed by atoms with Gasteiger partial charge in [-0.1, -0.05) is 12.1 Å². The van der Waals surface area contributed by atoms with Crippen LogP contribution < -0.4 is 5.73 Å². The number of hydrogen-bond acceptors (Lipinski definition) is 2. The predicted molar refractivity (Wildman–Crippen MR) is 62.5 cm³/mol. The molecule has 3 nitrogen and oxygen atoms in total. The molecule has 1 aliphatic rings. The molecule has 86 valence electrons. The van der Waals surface area contributed by atoms with Crippen LogP contribution in [0.4, 0.5) is 0 Å². The van der Waals surface area contributed by atoms with E-state index in [4.69, 9.17) is 10.5 Å². The lowest BCUT2D eigenvalue weighted by Gasteiger charge is -2.24. The van der Waals surface area contributed by atoms with Crippen LogP contribution in [0.1, 0.15) is 40.2 Å². The zero-order valence-corrected chi connectivity index (χ0v) is 9.53. The Kier molecular flexibility index (Phi) is 3.25. The molecule has 1 saturated heterocycles. The zero-order chi connectivity index (χ0) is 11.5. The van der Waals surface area contributed by atoms with Crippen LogP contribution in [0.3, 0.4) is 0 Å². The van der Waals surface area contributed by atoms with E-state index in [2.05, 4.69) is 6.07 Å². The molecular formula is C13H17NO2. The van der Waals surface area contributed by atoms with Gasteiger partial charge in [-0.3, -0.25) is 4.79 Å². The molecule has 0 aromatic heterocycles. The van der Waals surface area contributed by atoms with Crippen molar-refractivity contribution in [3.05, 3.63) is 34.9 Å². The second-order valence-corrected chi connectivity index (χ2v) is 4.27. The van der Waals surface area contributed by atoms with Crippen molar-refractivity contribution in [2.45, 2.75) is 25.7 Å². The molecule has 1 amide bonds. The van der Waals surface area contributed by atoms with Gasteiger partial charge in [-0.05, 0) is 42.9 Å². The van der Waals surface area contributed by atoms with E-state index in [1.807, 2.05) is 13.0 Å². The maximum atomic E-state index is 11.3. The van der Waals surface area contributed by atoms with Crippen molar-refractivity contribution >= 4 is 5.91 Å². The van der Waals surface area contributed by atoms with Crippen LogP contribution in [0.2, 0.25) is 0 Å². The minimum Gasteiger partial charge on any atom is -0.381 e. The van der Waals surface area contributed by atoms with Crippen molar-refractivity contribution in [2.24, 2.45) is 5.73 Å². The molecule has 0 bridgehead atoms. The van der Waals surface area contributed by atoms with Gasteiger partial charge in [0, 0.05) is 18.8 Å². The van der Waals surface area contributed by atoms with E-state index in [0.717, 1.165) is 31.6 Å². The Morgan fingerprint density at radius 2 is 2.06 bits per heavy atom. The molecule has 2 rings (SSSR count). The number of primary amides is 1. The number of benzene rings is 1. The van der Waals surface area contributed by atoms with Crippen molar-refractivity contribution in [2.75, 3.05) is 13.2 Å². The van der Waals surface area contributed by atoms with Crippen LogP contribution in [0.25, 0.3) is 0 Å². The molecule has 0 radical (unpaired) electrons. The predicted octanol–water partition coefficient (Wildman–Crippen LogP) is 1.99. The average molecular weight is 219 g/mol. The first-order valence-electron chi connectivity index (χ1n) is 5.67. The van der Waals surface area contributed by atoms with Crippen LogP contribution in [0.15, 0.2) is 18.2 Å². The highest BCUT2D eigenvalue weighted by Gasteiger charge is 2.19. The summed E-state index contributed by atoms with van der Waals surface area (Å²) in [5, 5.41) is 0. The van der Waals surface area contributed by atoms with E-state index in [9.17, 15) is 4.79 Å². The van der Waals surface area contributed by atoms with Gasteiger partial charge in [0.2, 0.25) is 5.91 Å². The van der Waals surface area contributed by atoms with Crippen LogP contribution in [-0.4, -0.2) is 19.1 Å². The topological polar surface area (TPSA) is 52.3 Å². The first-order valence-corrected chi connectivity index (χ1v) is 5.67. The highest BCUT2D eigenvalue weighted by Crippen LogP contribution is 2.30. The third-order valence-corrected chi connectivity index (χ3v) is 3.30. The summed E-state index contributed by atoms with van der Waals surface area (Å²) in [6.45, 7) is 3.60. The average Bonchev–Trinajstić information content (AvgIpc) is 2.30. The molecule has 1 heterocycles. The molecular weight excluding hydrogens is 202 g/mol. The Hall–Kier alpha value is -1.35. The third kappa shape index (κ3) is 2.09. The van der Waals surface area contributed by atoms with E-state index in [1.165, 1.54) is 5.56 Å². The highest BCUT2D eigenvalue weighted by molar-refractivity contribution is 5.94. The normalized spacial score (nSPS) is 17.3. The van der Waals surface area contributed by atoms with E-state index >= 15 is 0 Å². The number of amides is 1. The fraction of sp³-hybridized carbons (Fsp3) is 0.462. The van der Waals surface area contributed by atoms with Gasteiger partial charge in [0.25, 0.3) is 0 Å². The summed E-state index contributed by atoms with van der Waals surface area (Å²) in [7, 11) is 0. The van der Waals surface area contributed by atoms with Gasteiger partial charge in [-0.15, -0.1) is 0 Å². The lowest BCUT2D eigenvalue weighted by atomic mass is 9.87. The van der Waals surface area contributed by atoms with Crippen LogP contribution in [0.5, 0.6) is 0 Å². The summed E-state index contributed by atoms with van der Waals surface area (Å²) >= 11 is 0. The van der Waals surface area contributed by atoms with Crippen molar-refractivity contribution < 1.29 is 9.53 Å². The molecule has 1 aliphatic heterocycles. The molecule has 0 atom stereocenters. The quantitative estimate of drug-likeness (QED) is 0.827. The summed E-state index contributed by atoms with van der Waals surface area (Å²) < 4.78 is 5.35. The number of carbonyl (C=O) groups is 1. The molecule has 0 spiro atoms. The molecule has 2 N–H and O–H groups in total. The smallest absolute Gasteiger partial charge is 0.248 e. The maximum Gasteiger partial charge on any atom is 0.248 e. The Labute approximate surface area is 95.6 Å². The Morgan fingerprint density at radius 3 is 2.69 bits per heavy atom. The largest absolute Gasteiger partial charge is 0.381 e. The first kappa shape index (κ1) is 11.1. The maximum absolute atomic E-state index is 11.3. The summed E-state index contributed by atoms with van der Waals surface area (Å²) in [6, 6.07) is 5.80. The SMILES string of the molecule is Cc1c(C(N)=O)cccc1C1CCOCC1. The fourth-order valence-corrected chi connectivity index (χ4v) is 2.37. The number of nitrogens with two attached hydrogens (primary N) is 1. The van der Waals surface area contributed by atoms with E-state index in [1.54, 1.807) is 6.07 Å². The minimum absolute atomic E-state index is 0.341. The first-order chi connectivity index (χ1) is 7.70. The number of carbonyl (C=O) groups excluding carboxylic acids is 1. The van der Waals surface area contributed by atoms with Gasteiger partial charge < -0.3 is 10.5 Å². The van der Waals surface area contributed by atoms with Crippen molar-refractivity contribution in [3.63, 3.8) is 0 Å². The van der Waals surface area contributed by atoms with E-state index in [-0.39, 0.29) is 5.91 Å². The highest BCUT2D eigenvalue weighted by atomic mass is 16.5. The molecule has 1 fully saturated rings. The minimum atomic E-state index is -0.341. The molecule has 0 aliphatic carbocycles. The van der Waals surface area contributed by atoms with Gasteiger partial charge in [-0.25, -0.2) is 0 Å². The Bertz CT molecular complexity index is 395. The van der Waals surface area contributed by atoms with Gasteiger partial charge in [0.1, 0.15) is 0 Å². The summed E-state index contributed by atoms with van der Waals surface area (Å²) in [4.78, 5) is 11.3. The third-order valence-electron chi connectivity index (χ3n) is 3.30. The molecule has 1 aromatic rings. The van der Waals surface area contributed by atoms with Gasteiger partial charge in [-0.2, -0.15) is 0 Å². The number of ether oxygens (including phenoxy) is 1. The number of rotatable bonds is 2. The van der Waals surface area contributed by atoms with Crippen molar-refractivity contribution in [3.8, 4) is 0 Å². The molecule has 16 heavy (non-hydrogen) atoms. The monoisotopic (exact) mass is 219 g/mol. The lowest BCUT2D eigenvalue weighted by molar-refractivity contribution is 0.0852. The molecule has 3 heteroatoms. The van der Waals surface area contributed by atoms with Crippen molar-refractivity contribution in [1.82, 2.24) is 0 Å². The fourth-order valence-electron chi connectivity index (χ4n) is 2.37. The van der Waals surface area contributed by atoms with Crippen molar-refractivity contribution in [1.29, 1.82) is 0 Å². The second kappa shape index (κ2) is 4.66. The van der Waals surface area contributed by atoms with Crippen LogP contribution in [-0.2, 0) is 4.74 Å². The summed E-state index contributed by atoms with van der Waals surface area (Å²) in [6.07, 6.45) is 2.06. The summed E-state index contributed by atoms with van der Waals surface area (Å²) in [5.74, 6) is 0.166. The van der Waals surface area contributed by atoms with Crippen LogP contribution >= 0.6 is 0 Å². The second-order valence-electron chi connectivity index (χ2n) is 4.27. The van der Waals surface area contributed by atoms with Gasteiger partial charge in [0.15, 0.2) is 0 Å².